The minimum atomic E-state index is -0.332. The molecule has 2 atom stereocenters. The van der Waals surface area contributed by atoms with Crippen LogP contribution in [0.25, 0.3) is 5.57 Å². The largest absolute Gasteiger partial charge is 0.388 e. The van der Waals surface area contributed by atoms with Gasteiger partial charge in [0.15, 0.2) is 0 Å². The highest BCUT2D eigenvalue weighted by Crippen LogP contribution is 2.38. The van der Waals surface area contributed by atoms with Crippen LogP contribution in [-0.2, 0) is 0 Å². The first-order chi connectivity index (χ1) is 7.74. The fourth-order valence-electron chi connectivity index (χ4n) is 2.41. The first-order valence-corrected chi connectivity index (χ1v) is 6.22. The Morgan fingerprint density at radius 2 is 2.00 bits per heavy atom. The predicted molar refractivity (Wildman–Crippen MR) is 68.1 cm³/mol. The molecule has 86 valence electrons. The molecule has 1 aliphatic rings. The molecule has 16 heavy (non-hydrogen) atoms. The molecule has 1 N–H and O–H groups in total. The van der Waals surface area contributed by atoms with Gasteiger partial charge in [0.2, 0.25) is 0 Å². The Morgan fingerprint density at radius 3 is 2.75 bits per heavy atom. The Balaban J connectivity index is 2.35. The minimum absolute atomic E-state index is 0.238. The molecule has 0 aliphatic heterocycles. The molecule has 0 fully saturated rings. The number of rotatable bonds is 3. The summed E-state index contributed by atoms with van der Waals surface area (Å²) >= 11 is 0. The van der Waals surface area contributed by atoms with Crippen molar-refractivity contribution in [2.24, 2.45) is 5.92 Å². The van der Waals surface area contributed by atoms with Crippen LogP contribution in [0.15, 0.2) is 30.3 Å². The highest BCUT2D eigenvalue weighted by molar-refractivity contribution is 5.71. The van der Waals surface area contributed by atoms with Gasteiger partial charge in [-0.1, -0.05) is 50.6 Å². The lowest BCUT2D eigenvalue weighted by molar-refractivity contribution is 0.137. The predicted octanol–water partition coefficient (Wildman–Crippen LogP) is 3.94. The van der Waals surface area contributed by atoms with Crippen LogP contribution in [0, 0.1) is 5.92 Å². The van der Waals surface area contributed by atoms with Crippen molar-refractivity contribution in [3.05, 3.63) is 41.5 Å². The van der Waals surface area contributed by atoms with E-state index in [-0.39, 0.29) is 12.0 Å². The van der Waals surface area contributed by atoms with Gasteiger partial charge >= 0.3 is 0 Å². The van der Waals surface area contributed by atoms with Gasteiger partial charge in [0.25, 0.3) is 0 Å². The Bertz CT molecular complexity index is 392. The molecule has 1 aliphatic carbocycles. The van der Waals surface area contributed by atoms with E-state index >= 15 is 0 Å². The van der Waals surface area contributed by atoms with Crippen molar-refractivity contribution < 1.29 is 5.11 Å². The van der Waals surface area contributed by atoms with Gasteiger partial charge in [-0.15, -0.1) is 0 Å². The van der Waals surface area contributed by atoms with Crippen molar-refractivity contribution in [1.82, 2.24) is 0 Å². The van der Waals surface area contributed by atoms with Gasteiger partial charge in [-0.25, -0.2) is 0 Å². The molecule has 0 bridgehead atoms. The summed E-state index contributed by atoms with van der Waals surface area (Å²) in [7, 11) is 0. The van der Waals surface area contributed by atoms with Crippen LogP contribution >= 0.6 is 0 Å². The van der Waals surface area contributed by atoms with Crippen LogP contribution in [0.1, 0.15) is 50.3 Å². The van der Waals surface area contributed by atoms with Gasteiger partial charge in [0, 0.05) is 5.92 Å². The normalized spacial score (nSPS) is 23.8. The molecule has 1 aromatic carbocycles. The van der Waals surface area contributed by atoms with Crippen molar-refractivity contribution in [2.45, 2.75) is 39.2 Å². The Labute approximate surface area is 97.8 Å². The number of aliphatic hydroxyl groups excluding tert-OH is 1. The summed E-state index contributed by atoms with van der Waals surface area (Å²) in [5.74, 6) is 0.238. The van der Waals surface area contributed by atoms with E-state index in [1.165, 1.54) is 24.0 Å². The highest BCUT2D eigenvalue weighted by atomic mass is 16.3. The average molecular weight is 216 g/mol. The van der Waals surface area contributed by atoms with Crippen molar-refractivity contribution in [3.8, 4) is 0 Å². The first-order valence-electron chi connectivity index (χ1n) is 6.22. The smallest absolute Gasteiger partial charge is 0.0856 e. The summed E-state index contributed by atoms with van der Waals surface area (Å²) < 4.78 is 0. The minimum Gasteiger partial charge on any atom is -0.388 e. The van der Waals surface area contributed by atoms with Crippen LogP contribution in [0.5, 0.6) is 0 Å². The van der Waals surface area contributed by atoms with Crippen molar-refractivity contribution in [2.75, 3.05) is 0 Å². The zero-order chi connectivity index (χ0) is 11.5. The fraction of sp³-hybridized carbons (Fsp3) is 0.467. The summed E-state index contributed by atoms with van der Waals surface area (Å²) in [5.41, 5.74) is 3.76. The SMILES string of the molecule is CCCCC1=C[C@H](C)[C@H](O)c2ccccc21. The van der Waals surface area contributed by atoms with Crippen molar-refractivity contribution in [1.29, 1.82) is 0 Å². The molecular weight excluding hydrogens is 196 g/mol. The molecule has 1 aromatic rings. The van der Waals surface area contributed by atoms with Gasteiger partial charge in [-0.05, 0) is 29.5 Å². The second-order valence-corrected chi connectivity index (χ2v) is 4.69. The Hall–Kier alpha value is -1.08. The molecule has 1 nitrogen and oxygen atoms in total. The first kappa shape index (κ1) is 11.4. The molecule has 0 saturated heterocycles. The van der Waals surface area contributed by atoms with Crippen LogP contribution in [-0.4, -0.2) is 5.11 Å². The molecule has 1 heteroatoms. The number of unbranched alkanes of at least 4 members (excludes halogenated alkanes) is 1. The van der Waals surface area contributed by atoms with Crippen LogP contribution in [0.4, 0.5) is 0 Å². The second-order valence-electron chi connectivity index (χ2n) is 4.69. The van der Waals surface area contributed by atoms with Crippen molar-refractivity contribution in [3.63, 3.8) is 0 Å². The van der Waals surface area contributed by atoms with Crippen LogP contribution in [0.3, 0.4) is 0 Å². The topological polar surface area (TPSA) is 20.2 Å². The molecule has 0 spiro atoms. The van der Waals surface area contributed by atoms with E-state index in [2.05, 4.69) is 38.1 Å². The molecule has 0 amide bonds. The lowest BCUT2D eigenvalue weighted by Gasteiger charge is -2.27. The summed E-state index contributed by atoms with van der Waals surface area (Å²) in [4.78, 5) is 0. The molecule has 0 saturated carbocycles. The van der Waals surface area contributed by atoms with E-state index < -0.39 is 0 Å². The molecule has 0 heterocycles. The van der Waals surface area contributed by atoms with Crippen molar-refractivity contribution >= 4 is 5.57 Å². The summed E-state index contributed by atoms with van der Waals surface area (Å²) in [6.07, 6.45) is 5.48. The summed E-state index contributed by atoms with van der Waals surface area (Å²) in [6.45, 7) is 4.31. The third-order valence-electron chi connectivity index (χ3n) is 3.39. The number of benzene rings is 1. The number of aliphatic hydroxyl groups is 1. The molecule has 0 aromatic heterocycles. The zero-order valence-electron chi connectivity index (χ0n) is 10.1. The maximum absolute atomic E-state index is 10.1. The van der Waals surface area contributed by atoms with E-state index in [0.717, 1.165) is 12.0 Å². The Morgan fingerprint density at radius 1 is 1.25 bits per heavy atom. The monoisotopic (exact) mass is 216 g/mol. The van der Waals surface area contributed by atoms with Gasteiger partial charge in [0.1, 0.15) is 0 Å². The molecule has 2 rings (SSSR count). The van der Waals surface area contributed by atoms with Gasteiger partial charge in [0.05, 0.1) is 6.10 Å². The lowest BCUT2D eigenvalue weighted by Crippen LogP contribution is -2.14. The van der Waals surface area contributed by atoms with Crippen LogP contribution < -0.4 is 0 Å². The maximum Gasteiger partial charge on any atom is 0.0856 e. The Kier molecular flexibility index (Phi) is 3.45. The number of allylic oxidation sites excluding steroid dienone is 1. The summed E-state index contributed by atoms with van der Waals surface area (Å²) in [5, 5.41) is 10.1. The third-order valence-corrected chi connectivity index (χ3v) is 3.39. The number of fused-ring (bicyclic) bond motifs is 1. The lowest BCUT2D eigenvalue weighted by atomic mass is 9.82. The number of hydrogen-bond donors (Lipinski definition) is 1. The van der Waals surface area contributed by atoms with E-state index in [0.29, 0.717) is 0 Å². The third kappa shape index (κ3) is 2.05. The molecular formula is C15H20O. The van der Waals surface area contributed by atoms with E-state index in [1.54, 1.807) is 0 Å². The summed E-state index contributed by atoms with van der Waals surface area (Å²) in [6, 6.07) is 8.25. The molecule has 0 unspecified atom stereocenters. The van der Waals surface area contributed by atoms with E-state index in [9.17, 15) is 5.11 Å². The average Bonchev–Trinajstić information content (AvgIpc) is 2.32. The standard InChI is InChI=1S/C15H20O/c1-3-4-7-12-10-11(2)15(16)14-9-6-5-8-13(12)14/h5-6,8-11,15-16H,3-4,7H2,1-2H3/t11-,15-/m0/s1. The zero-order valence-corrected chi connectivity index (χ0v) is 10.1. The van der Waals surface area contributed by atoms with Crippen LogP contribution in [0.2, 0.25) is 0 Å². The maximum atomic E-state index is 10.1. The highest BCUT2D eigenvalue weighted by Gasteiger charge is 2.24. The second kappa shape index (κ2) is 4.84. The van der Waals surface area contributed by atoms with E-state index in [1.807, 2.05) is 6.07 Å². The van der Waals surface area contributed by atoms with Gasteiger partial charge in [-0.2, -0.15) is 0 Å². The quantitative estimate of drug-likeness (QED) is 0.811. The molecule has 0 radical (unpaired) electrons. The number of hydrogen-bond acceptors (Lipinski definition) is 1. The fourth-order valence-corrected chi connectivity index (χ4v) is 2.41. The van der Waals surface area contributed by atoms with Gasteiger partial charge in [-0.3, -0.25) is 0 Å². The van der Waals surface area contributed by atoms with E-state index in [4.69, 9.17) is 0 Å². The van der Waals surface area contributed by atoms with Gasteiger partial charge < -0.3 is 5.11 Å².